The summed E-state index contributed by atoms with van der Waals surface area (Å²) in [6, 6.07) is 3.53. The molecule has 102 valence electrons. The smallest absolute Gasteiger partial charge is 0.241 e. The number of fused-ring (bicyclic) bond motifs is 1. The highest BCUT2D eigenvalue weighted by Gasteiger charge is 2.23. The molecule has 1 unspecified atom stereocenters. The zero-order valence-corrected chi connectivity index (χ0v) is 12.0. The number of halogens is 1. The third kappa shape index (κ3) is 2.69. The van der Waals surface area contributed by atoms with Crippen LogP contribution < -0.4 is 20.1 Å². The van der Waals surface area contributed by atoms with E-state index in [1.54, 1.807) is 6.07 Å². The third-order valence-corrected chi connectivity index (χ3v) is 3.92. The molecule has 0 spiro atoms. The number of nitrogens with one attached hydrogen (secondary N) is 2. The van der Waals surface area contributed by atoms with Crippen molar-refractivity contribution in [1.29, 1.82) is 0 Å². The van der Waals surface area contributed by atoms with Gasteiger partial charge in [-0.3, -0.25) is 4.79 Å². The highest BCUT2D eigenvalue weighted by atomic mass is 79.9. The SMILES string of the molecule is O=C(Nc1cc2c(cc1Br)OCCO2)C1CCCN1. The van der Waals surface area contributed by atoms with E-state index in [4.69, 9.17) is 9.47 Å². The second-order valence-electron chi connectivity index (χ2n) is 4.61. The number of amides is 1. The fourth-order valence-corrected chi connectivity index (χ4v) is 2.71. The number of benzene rings is 1. The molecule has 2 heterocycles. The van der Waals surface area contributed by atoms with Gasteiger partial charge in [-0.2, -0.15) is 0 Å². The van der Waals surface area contributed by atoms with Crippen LogP contribution in [0.4, 0.5) is 5.69 Å². The number of carbonyl (C=O) groups excluding carboxylic acids is 1. The molecule has 2 aliphatic heterocycles. The maximum Gasteiger partial charge on any atom is 0.241 e. The first-order valence-electron chi connectivity index (χ1n) is 6.37. The topological polar surface area (TPSA) is 59.6 Å². The van der Waals surface area contributed by atoms with Crippen LogP contribution in [0.25, 0.3) is 0 Å². The van der Waals surface area contributed by atoms with Crippen molar-refractivity contribution < 1.29 is 14.3 Å². The lowest BCUT2D eigenvalue weighted by Gasteiger charge is -2.20. The Hall–Kier alpha value is -1.27. The Bertz CT molecular complexity index is 501. The van der Waals surface area contributed by atoms with Crippen molar-refractivity contribution in [3.05, 3.63) is 16.6 Å². The molecule has 1 fully saturated rings. The van der Waals surface area contributed by atoms with Crippen LogP contribution >= 0.6 is 15.9 Å². The predicted octanol–water partition coefficient (Wildman–Crippen LogP) is 1.91. The van der Waals surface area contributed by atoms with Gasteiger partial charge < -0.3 is 20.1 Å². The molecule has 3 rings (SSSR count). The highest BCUT2D eigenvalue weighted by molar-refractivity contribution is 9.10. The molecule has 0 bridgehead atoms. The molecule has 2 N–H and O–H groups in total. The zero-order chi connectivity index (χ0) is 13.2. The second kappa shape index (κ2) is 5.38. The van der Waals surface area contributed by atoms with E-state index >= 15 is 0 Å². The standard InChI is InChI=1S/C13H15BrN2O3/c14-8-6-11-12(19-5-4-18-11)7-10(8)16-13(17)9-2-1-3-15-9/h6-7,9,15H,1-5H2,(H,16,17). The van der Waals surface area contributed by atoms with Gasteiger partial charge in [0.1, 0.15) is 13.2 Å². The van der Waals surface area contributed by atoms with Gasteiger partial charge >= 0.3 is 0 Å². The van der Waals surface area contributed by atoms with E-state index < -0.39 is 0 Å². The van der Waals surface area contributed by atoms with Crippen molar-refractivity contribution in [3.8, 4) is 11.5 Å². The van der Waals surface area contributed by atoms with Gasteiger partial charge in [-0.15, -0.1) is 0 Å². The summed E-state index contributed by atoms with van der Waals surface area (Å²) in [5.74, 6) is 1.37. The maximum absolute atomic E-state index is 12.1. The summed E-state index contributed by atoms with van der Waals surface area (Å²) >= 11 is 3.44. The summed E-state index contributed by atoms with van der Waals surface area (Å²) < 4.78 is 11.8. The molecule has 6 heteroatoms. The van der Waals surface area contributed by atoms with Gasteiger partial charge in [0.25, 0.3) is 0 Å². The Balaban J connectivity index is 1.78. The van der Waals surface area contributed by atoms with Crippen molar-refractivity contribution in [2.45, 2.75) is 18.9 Å². The Kier molecular flexibility index (Phi) is 3.61. The molecule has 1 saturated heterocycles. The second-order valence-corrected chi connectivity index (χ2v) is 5.47. The summed E-state index contributed by atoms with van der Waals surface area (Å²) in [5.41, 5.74) is 0.711. The molecule has 0 aliphatic carbocycles. The van der Waals surface area contributed by atoms with Crippen LogP contribution in [0.1, 0.15) is 12.8 Å². The van der Waals surface area contributed by atoms with Gasteiger partial charge in [0.15, 0.2) is 11.5 Å². The number of anilines is 1. The van der Waals surface area contributed by atoms with Gasteiger partial charge in [-0.25, -0.2) is 0 Å². The third-order valence-electron chi connectivity index (χ3n) is 3.27. The summed E-state index contributed by atoms with van der Waals surface area (Å²) in [7, 11) is 0. The Labute approximate surface area is 119 Å². The van der Waals surface area contributed by atoms with E-state index in [0.29, 0.717) is 30.4 Å². The van der Waals surface area contributed by atoms with Crippen molar-refractivity contribution >= 4 is 27.5 Å². The molecule has 0 radical (unpaired) electrons. The van der Waals surface area contributed by atoms with Crippen LogP contribution in [0.5, 0.6) is 11.5 Å². The van der Waals surface area contributed by atoms with Gasteiger partial charge in [0, 0.05) is 16.6 Å². The average molecular weight is 327 g/mol. The quantitative estimate of drug-likeness (QED) is 0.871. The Morgan fingerprint density at radius 2 is 2.05 bits per heavy atom. The maximum atomic E-state index is 12.1. The molecular weight excluding hydrogens is 312 g/mol. The van der Waals surface area contributed by atoms with Crippen molar-refractivity contribution in [2.75, 3.05) is 25.1 Å². The largest absolute Gasteiger partial charge is 0.486 e. The lowest BCUT2D eigenvalue weighted by Crippen LogP contribution is -2.35. The number of rotatable bonds is 2. The number of hydrogen-bond acceptors (Lipinski definition) is 4. The predicted molar refractivity (Wildman–Crippen MR) is 74.8 cm³/mol. The summed E-state index contributed by atoms with van der Waals surface area (Å²) in [6.45, 7) is 1.99. The van der Waals surface area contributed by atoms with Crippen LogP contribution in [0.15, 0.2) is 16.6 Å². The van der Waals surface area contributed by atoms with E-state index in [2.05, 4.69) is 26.6 Å². The molecule has 2 aliphatic rings. The van der Waals surface area contributed by atoms with Crippen LogP contribution in [-0.4, -0.2) is 31.7 Å². The van der Waals surface area contributed by atoms with E-state index in [9.17, 15) is 4.79 Å². The highest BCUT2D eigenvalue weighted by Crippen LogP contribution is 2.38. The van der Waals surface area contributed by atoms with Gasteiger partial charge in [-0.1, -0.05) is 0 Å². The van der Waals surface area contributed by atoms with Gasteiger partial charge in [-0.05, 0) is 35.3 Å². The minimum atomic E-state index is -0.0971. The normalized spacial score (nSPS) is 21.2. The van der Waals surface area contributed by atoms with Crippen LogP contribution in [0, 0.1) is 0 Å². The summed E-state index contributed by atoms with van der Waals surface area (Å²) in [5, 5.41) is 6.09. The van der Waals surface area contributed by atoms with Gasteiger partial charge in [0.2, 0.25) is 5.91 Å². The molecule has 1 aromatic rings. The molecule has 0 aromatic heterocycles. The summed E-state index contributed by atoms with van der Waals surface area (Å²) in [4.78, 5) is 12.1. The van der Waals surface area contributed by atoms with Crippen molar-refractivity contribution in [1.82, 2.24) is 5.32 Å². The molecular formula is C13H15BrN2O3. The van der Waals surface area contributed by atoms with E-state index in [-0.39, 0.29) is 11.9 Å². The van der Waals surface area contributed by atoms with Gasteiger partial charge in [0.05, 0.1) is 11.7 Å². The lowest BCUT2D eigenvalue weighted by atomic mass is 10.2. The minimum absolute atomic E-state index is 0.00474. The zero-order valence-electron chi connectivity index (χ0n) is 10.4. The minimum Gasteiger partial charge on any atom is -0.486 e. The molecule has 0 saturated carbocycles. The summed E-state index contributed by atoms with van der Waals surface area (Å²) in [6.07, 6.45) is 1.92. The van der Waals surface area contributed by atoms with E-state index in [0.717, 1.165) is 23.9 Å². The molecule has 19 heavy (non-hydrogen) atoms. The Morgan fingerprint density at radius 3 is 2.74 bits per heavy atom. The average Bonchev–Trinajstić information content (AvgIpc) is 2.93. The first-order valence-corrected chi connectivity index (χ1v) is 7.17. The molecule has 1 amide bonds. The van der Waals surface area contributed by atoms with Crippen LogP contribution in [0.2, 0.25) is 0 Å². The first kappa shape index (κ1) is 12.7. The fourth-order valence-electron chi connectivity index (χ4n) is 2.29. The molecule has 1 atom stereocenters. The van der Waals surface area contributed by atoms with E-state index in [1.165, 1.54) is 0 Å². The van der Waals surface area contributed by atoms with Crippen LogP contribution in [0.3, 0.4) is 0 Å². The monoisotopic (exact) mass is 326 g/mol. The van der Waals surface area contributed by atoms with Crippen molar-refractivity contribution in [2.24, 2.45) is 0 Å². The number of ether oxygens (including phenoxy) is 2. The van der Waals surface area contributed by atoms with Crippen LogP contribution in [-0.2, 0) is 4.79 Å². The van der Waals surface area contributed by atoms with Crippen molar-refractivity contribution in [3.63, 3.8) is 0 Å². The van der Waals surface area contributed by atoms with E-state index in [1.807, 2.05) is 6.07 Å². The Morgan fingerprint density at radius 1 is 1.32 bits per heavy atom. The molecule has 1 aromatic carbocycles. The number of carbonyl (C=O) groups is 1. The molecule has 5 nitrogen and oxygen atoms in total. The number of hydrogen-bond donors (Lipinski definition) is 2. The fraction of sp³-hybridized carbons (Fsp3) is 0.462. The first-order chi connectivity index (χ1) is 9.24. The lowest BCUT2D eigenvalue weighted by molar-refractivity contribution is -0.117.